The zero-order valence-corrected chi connectivity index (χ0v) is 12.7. The van der Waals surface area contributed by atoms with Gasteiger partial charge in [0.1, 0.15) is 5.82 Å². The lowest BCUT2D eigenvalue weighted by molar-refractivity contribution is 0.318. The minimum atomic E-state index is 0.101. The van der Waals surface area contributed by atoms with E-state index in [9.17, 15) is 0 Å². The van der Waals surface area contributed by atoms with Crippen LogP contribution in [-0.4, -0.2) is 41.1 Å². The van der Waals surface area contributed by atoms with Crippen molar-refractivity contribution in [2.45, 2.75) is 26.3 Å². The number of anilines is 1. The van der Waals surface area contributed by atoms with Gasteiger partial charge in [0.2, 0.25) is 0 Å². The first-order valence-corrected chi connectivity index (χ1v) is 7.57. The van der Waals surface area contributed by atoms with Crippen molar-refractivity contribution in [3.05, 3.63) is 23.4 Å². The number of nitrogens with zero attached hydrogens (tertiary/aromatic N) is 3. The molecule has 0 aromatic carbocycles. The molecule has 0 aliphatic heterocycles. The fourth-order valence-electron chi connectivity index (χ4n) is 1.87. The first-order chi connectivity index (χ1) is 9.02. The molecule has 19 heavy (non-hydrogen) atoms. The van der Waals surface area contributed by atoms with E-state index in [0.29, 0.717) is 11.6 Å². The highest BCUT2D eigenvalue weighted by molar-refractivity contribution is 7.98. The zero-order chi connectivity index (χ0) is 14.4. The number of nitrogens with two attached hydrogens (primary N) is 1. The molecule has 0 spiro atoms. The first-order valence-electron chi connectivity index (χ1n) is 6.18. The van der Waals surface area contributed by atoms with Crippen molar-refractivity contribution >= 4 is 23.4 Å². The summed E-state index contributed by atoms with van der Waals surface area (Å²) < 4.78 is 0. The van der Waals surface area contributed by atoms with Crippen LogP contribution in [0.4, 0.5) is 5.82 Å². The number of rotatable bonds is 6. The monoisotopic (exact) mass is 282 g/mol. The summed E-state index contributed by atoms with van der Waals surface area (Å²) >= 11 is 1.83. The molecular weight excluding hydrogens is 260 g/mol. The molecule has 0 fully saturated rings. The molecular formula is C13H22N4OS. The normalized spacial score (nSPS) is 13.4. The summed E-state index contributed by atoms with van der Waals surface area (Å²) in [6.07, 6.45) is 4.90. The van der Waals surface area contributed by atoms with E-state index in [1.807, 2.05) is 31.8 Å². The summed E-state index contributed by atoms with van der Waals surface area (Å²) in [5.74, 6) is 1.95. The van der Waals surface area contributed by atoms with Crippen molar-refractivity contribution in [2.24, 2.45) is 10.9 Å². The van der Waals surface area contributed by atoms with Crippen LogP contribution in [0.1, 0.15) is 24.5 Å². The summed E-state index contributed by atoms with van der Waals surface area (Å²) in [5, 5.41) is 12.0. The molecule has 0 saturated carbocycles. The lowest BCUT2D eigenvalue weighted by atomic mass is 10.1. The predicted octanol–water partition coefficient (Wildman–Crippen LogP) is 2.06. The van der Waals surface area contributed by atoms with E-state index in [0.717, 1.165) is 23.6 Å². The maximum absolute atomic E-state index is 8.91. The third-order valence-electron chi connectivity index (χ3n) is 3.24. The number of amidine groups is 1. The third kappa shape index (κ3) is 3.76. The van der Waals surface area contributed by atoms with E-state index in [1.54, 1.807) is 6.20 Å². The van der Waals surface area contributed by atoms with Gasteiger partial charge in [0, 0.05) is 19.3 Å². The van der Waals surface area contributed by atoms with Crippen LogP contribution in [0.2, 0.25) is 0 Å². The van der Waals surface area contributed by atoms with Crippen molar-refractivity contribution in [3.8, 4) is 0 Å². The Hall–Kier alpha value is -1.43. The van der Waals surface area contributed by atoms with Crippen molar-refractivity contribution in [2.75, 3.05) is 24.0 Å². The molecule has 3 N–H and O–H groups in total. The highest BCUT2D eigenvalue weighted by atomic mass is 32.2. The Morgan fingerprint density at radius 2 is 2.32 bits per heavy atom. The molecule has 1 unspecified atom stereocenters. The Morgan fingerprint density at radius 1 is 1.63 bits per heavy atom. The van der Waals surface area contributed by atoms with Crippen LogP contribution in [0.5, 0.6) is 0 Å². The van der Waals surface area contributed by atoms with Crippen LogP contribution < -0.4 is 10.6 Å². The van der Waals surface area contributed by atoms with Crippen LogP contribution in [0, 0.1) is 6.92 Å². The summed E-state index contributed by atoms with van der Waals surface area (Å²) in [6, 6.07) is 2.20. The molecule has 1 heterocycles. The van der Waals surface area contributed by atoms with Crippen LogP contribution in [0.3, 0.4) is 0 Å². The highest BCUT2D eigenvalue weighted by Crippen LogP contribution is 2.22. The molecule has 1 rings (SSSR count). The van der Waals surface area contributed by atoms with E-state index >= 15 is 0 Å². The maximum Gasteiger partial charge on any atom is 0.174 e. The lowest BCUT2D eigenvalue weighted by Gasteiger charge is -2.28. The van der Waals surface area contributed by atoms with Crippen LogP contribution >= 0.6 is 11.8 Å². The van der Waals surface area contributed by atoms with Gasteiger partial charge in [-0.25, -0.2) is 4.98 Å². The first kappa shape index (κ1) is 15.6. The Labute approximate surface area is 118 Å². The quantitative estimate of drug-likeness (QED) is 0.361. The molecule has 1 aromatic heterocycles. The van der Waals surface area contributed by atoms with Gasteiger partial charge in [0.05, 0.1) is 5.56 Å². The number of hydrogen-bond acceptors (Lipinski definition) is 5. The Morgan fingerprint density at radius 3 is 2.89 bits per heavy atom. The second-order valence-corrected chi connectivity index (χ2v) is 5.54. The summed E-state index contributed by atoms with van der Waals surface area (Å²) in [6.45, 7) is 4.08. The SMILES string of the molecule is CSCCC(C)N(C)c1nccc(C)c1/C(N)=N/O. The second kappa shape index (κ2) is 7.23. The van der Waals surface area contributed by atoms with Gasteiger partial charge in [0.25, 0.3) is 0 Å². The molecule has 0 amide bonds. The van der Waals surface area contributed by atoms with E-state index < -0.39 is 0 Å². The smallest absolute Gasteiger partial charge is 0.174 e. The largest absolute Gasteiger partial charge is 0.409 e. The number of aromatic nitrogens is 1. The molecule has 0 radical (unpaired) electrons. The Kier molecular flexibility index (Phi) is 5.95. The standard InChI is InChI=1S/C13H22N4OS/c1-9-5-7-15-13(11(9)12(14)16-18)17(3)10(2)6-8-19-4/h5,7,10,18H,6,8H2,1-4H3,(H2,14,16). The van der Waals surface area contributed by atoms with Crippen molar-refractivity contribution < 1.29 is 5.21 Å². The van der Waals surface area contributed by atoms with Gasteiger partial charge in [0.15, 0.2) is 5.84 Å². The fourth-order valence-corrected chi connectivity index (χ4v) is 2.45. The predicted molar refractivity (Wildman–Crippen MR) is 82.3 cm³/mol. The molecule has 1 atom stereocenters. The summed E-state index contributed by atoms with van der Waals surface area (Å²) in [4.78, 5) is 6.46. The fraction of sp³-hybridized carbons (Fsp3) is 0.538. The van der Waals surface area contributed by atoms with Crippen molar-refractivity contribution in [3.63, 3.8) is 0 Å². The van der Waals surface area contributed by atoms with Gasteiger partial charge in [-0.15, -0.1) is 0 Å². The van der Waals surface area contributed by atoms with Crippen molar-refractivity contribution in [1.82, 2.24) is 4.98 Å². The molecule has 1 aromatic rings. The molecule has 0 aliphatic rings. The second-order valence-electron chi connectivity index (χ2n) is 4.55. The molecule has 106 valence electrons. The van der Waals surface area contributed by atoms with Gasteiger partial charge < -0.3 is 15.8 Å². The number of aryl methyl sites for hydroxylation is 1. The number of oxime groups is 1. The number of pyridine rings is 1. The van der Waals surface area contributed by atoms with E-state index in [4.69, 9.17) is 10.9 Å². The highest BCUT2D eigenvalue weighted by Gasteiger charge is 2.18. The van der Waals surface area contributed by atoms with Crippen molar-refractivity contribution in [1.29, 1.82) is 0 Å². The average molecular weight is 282 g/mol. The van der Waals surface area contributed by atoms with Crippen LogP contribution in [0.25, 0.3) is 0 Å². The lowest BCUT2D eigenvalue weighted by Crippen LogP contribution is -2.33. The van der Waals surface area contributed by atoms with E-state index in [1.165, 1.54) is 0 Å². The van der Waals surface area contributed by atoms with Gasteiger partial charge in [-0.05, 0) is 43.9 Å². The molecule has 0 saturated heterocycles. The van der Waals surface area contributed by atoms with Gasteiger partial charge >= 0.3 is 0 Å². The van der Waals surface area contributed by atoms with E-state index in [2.05, 4.69) is 28.2 Å². The average Bonchev–Trinajstić information content (AvgIpc) is 2.42. The minimum absolute atomic E-state index is 0.101. The molecule has 6 heteroatoms. The van der Waals surface area contributed by atoms with Gasteiger partial charge in [-0.3, -0.25) is 0 Å². The summed E-state index contributed by atoms with van der Waals surface area (Å²) in [7, 11) is 1.99. The third-order valence-corrected chi connectivity index (χ3v) is 3.88. The van der Waals surface area contributed by atoms with E-state index in [-0.39, 0.29) is 5.84 Å². The Balaban J connectivity index is 3.09. The maximum atomic E-state index is 8.91. The summed E-state index contributed by atoms with van der Waals surface area (Å²) in [5.41, 5.74) is 7.41. The molecule has 0 aliphatic carbocycles. The number of hydrogen-bond donors (Lipinski definition) is 2. The van der Waals surface area contributed by atoms with Crippen LogP contribution in [0.15, 0.2) is 17.4 Å². The van der Waals surface area contributed by atoms with Gasteiger partial charge in [-0.2, -0.15) is 11.8 Å². The van der Waals surface area contributed by atoms with Gasteiger partial charge in [-0.1, -0.05) is 5.16 Å². The minimum Gasteiger partial charge on any atom is -0.409 e. The topological polar surface area (TPSA) is 74.7 Å². The van der Waals surface area contributed by atoms with Crippen LogP contribution in [-0.2, 0) is 0 Å². The Bertz CT molecular complexity index is 450. The molecule has 0 bridgehead atoms. The molecule has 5 nitrogen and oxygen atoms in total. The number of thioether (sulfide) groups is 1. The zero-order valence-electron chi connectivity index (χ0n) is 11.9.